The first-order valence-corrected chi connectivity index (χ1v) is 19.4. The van der Waals surface area contributed by atoms with Crippen LogP contribution in [0.25, 0.3) is 88.6 Å². The minimum absolute atomic E-state index is 0.920. The molecule has 9 rings (SSSR count). The van der Waals surface area contributed by atoms with Crippen LogP contribution >= 0.6 is 0 Å². The van der Waals surface area contributed by atoms with Gasteiger partial charge in [0.1, 0.15) is 0 Å². The highest BCUT2D eigenvalue weighted by Gasteiger charge is 2.27. The van der Waals surface area contributed by atoms with Crippen LogP contribution in [-0.2, 0) is 25.7 Å². The molecule has 0 fully saturated rings. The molecule has 52 heavy (non-hydrogen) atoms. The molecule has 2 N–H and O–H groups in total. The molecule has 0 atom stereocenters. The van der Waals surface area contributed by atoms with Gasteiger partial charge in [-0.15, -0.1) is 0 Å². The van der Waals surface area contributed by atoms with E-state index in [0.717, 1.165) is 74.1 Å². The van der Waals surface area contributed by atoms with E-state index in [1.54, 1.807) is 0 Å². The number of rotatable bonds is 8. The summed E-state index contributed by atoms with van der Waals surface area (Å²) in [6.45, 7) is 9.13. The molecule has 7 aromatic rings. The van der Waals surface area contributed by atoms with Crippen molar-refractivity contribution in [2.75, 3.05) is 0 Å². The van der Waals surface area contributed by atoms with Crippen molar-refractivity contribution < 1.29 is 0 Å². The van der Waals surface area contributed by atoms with E-state index in [-0.39, 0.29) is 0 Å². The van der Waals surface area contributed by atoms with Gasteiger partial charge < -0.3 is 9.97 Å². The Morgan fingerprint density at radius 3 is 0.808 bits per heavy atom. The number of hydrogen-bond donors (Lipinski definition) is 2. The van der Waals surface area contributed by atoms with Crippen molar-refractivity contribution in [1.82, 2.24) is 19.9 Å². The molecule has 4 heteroatoms. The summed E-state index contributed by atoms with van der Waals surface area (Å²) >= 11 is 0. The quantitative estimate of drug-likeness (QED) is 0.168. The lowest BCUT2D eigenvalue weighted by molar-refractivity contribution is 0.916. The van der Waals surface area contributed by atoms with Gasteiger partial charge in [-0.25, -0.2) is 9.97 Å². The van der Waals surface area contributed by atoms with Crippen molar-refractivity contribution in [3.8, 4) is 45.0 Å². The molecule has 2 aliphatic heterocycles. The maximum absolute atomic E-state index is 5.73. The first-order chi connectivity index (χ1) is 25.7. The topological polar surface area (TPSA) is 57.4 Å². The summed E-state index contributed by atoms with van der Waals surface area (Å²) in [7, 11) is 0. The number of aromatic amines is 2. The zero-order chi connectivity index (χ0) is 35.3. The second kappa shape index (κ2) is 13.2. The van der Waals surface area contributed by atoms with Crippen molar-refractivity contribution in [2.45, 2.75) is 79.1 Å². The fourth-order valence-corrected chi connectivity index (χ4v) is 8.93. The molecule has 0 unspecified atom stereocenters. The molecule has 0 spiro atoms. The number of fused-ring (bicyclic) bond motifs is 20. The Hall–Kier alpha value is -5.48. The maximum atomic E-state index is 5.73. The largest absolute Gasteiger partial charge is 0.354 e. The molecule has 4 nitrogen and oxygen atoms in total. The molecule has 0 radical (unpaired) electrons. The molecule has 0 saturated heterocycles. The first-order valence-electron chi connectivity index (χ1n) is 19.4. The van der Waals surface area contributed by atoms with E-state index in [1.807, 2.05) is 0 Å². The number of benzene rings is 4. The molecule has 3 aromatic heterocycles. The lowest BCUT2D eigenvalue weighted by Crippen LogP contribution is -1.92. The minimum Gasteiger partial charge on any atom is -0.354 e. The number of nitrogens with zero attached hydrogens (tertiary/aromatic N) is 2. The third-order valence-corrected chi connectivity index (χ3v) is 11.1. The summed E-state index contributed by atoms with van der Waals surface area (Å²) in [5, 5.41) is 5.00. The first kappa shape index (κ1) is 32.4. The van der Waals surface area contributed by atoms with Gasteiger partial charge in [-0.3, -0.25) is 0 Å². The van der Waals surface area contributed by atoms with Gasteiger partial charge in [-0.1, -0.05) is 150 Å². The van der Waals surface area contributed by atoms with Gasteiger partial charge >= 0.3 is 0 Å². The summed E-state index contributed by atoms with van der Waals surface area (Å²) in [6, 6.07) is 35.7. The number of nitrogens with one attached hydrogen (secondary N) is 2. The average molecular weight is 679 g/mol. The average Bonchev–Trinajstić information content (AvgIpc) is 3.95. The fraction of sp³-hybridized carbons (Fsp3) is 0.250. The van der Waals surface area contributed by atoms with Crippen LogP contribution in [0, 0.1) is 0 Å². The third kappa shape index (κ3) is 4.95. The Labute approximate surface area is 306 Å². The SMILES string of the molecule is CCCc1c2nc(c(CCC)c3[nH]c(c(CCC)c4nc(c(CCC)c5[nH]c1c1ccccc51)-c1ccccc1-4)c1ccccc31)-c1ccccc1-2. The van der Waals surface area contributed by atoms with Gasteiger partial charge in [0.2, 0.25) is 0 Å². The van der Waals surface area contributed by atoms with Crippen molar-refractivity contribution in [2.24, 2.45) is 0 Å². The van der Waals surface area contributed by atoms with Crippen molar-refractivity contribution in [3.63, 3.8) is 0 Å². The van der Waals surface area contributed by atoms with E-state index in [0.29, 0.717) is 0 Å². The Morgan fingerprint density at radius 2 is 0.577 bits per heavy atom. The molecular formula is C48H46N4. The number of aryl methyl sites for hydroxylation is 4. The Bertz CT molecular complexity index is 2330. The van der Waals surface area contributed by atoms with Gasteiger partial charge in [-0.2, -0.15) is 0 Å². The van der Waals surface area contributed by atoms with E-state index in [9.17, 15) is 0 Å². The van der Waals surface area contributed by atoms with Gasteiger partial charge in [0.05, 0.1) is 44.8 Å². The second-order valence-electron chi connectivity index (χ2n) is 14.5. The predicted molar refractivity (Wildman–Crippen MR) is 221 cm³/mol. The van der Waals surface area contributed by atoms with Gasteiger partial charge in [0, 0.05) is 66.1 Å². The Balaban J connectivity index is 1.62. The molecule has 0 aliphatic carbocycles. The summed E-state index contributed by atoms with van der Waals surface area (Å²) in [4.78, 5) is 19.6. The van der Waals surface area contributed by atoms with Crippen LogP contribution in [0.5, 0.6) is 0 Å². The highest BCUT2D eigenvalue weighted by Crippen LogP contribution is 2.46. The van der Waals surface area contributed by atoms with Crippen LogP contribution in [0.15, 0.2) is 97.1 Å². The monoisotopic (exact) mass is 678 g/mol. The molecule has 2 aliphatic rings. The Morgan fingerprint density at radius 1 is 0.346 bits per heavy atom. The molecule has 5 heterocycles. The molecular weight excluding hydrogens is 633 g/mol. The zero-order valence-corrected chi connectivity index (χ0v) is 30.8. The van der Waals surface area contributed by atoms with Crippen LogP contribution < -0.4 is 0 Å². The predicted octanol–water partition coefficient (Wildman–Crippen LogP) is 13.1. The standard InChI is InChI=1S/C48H46N4/c1-5-17-37-41-29-21-9-11-23-31(29)43(49-41)38(18-6-2)45-33-25-13-15-27-35(33)47(51-45)40(20-8-4)48-36-28-16-14-26-34(36)46(52-48)39(19-7-3)44-32-24-12-10-22-30(32)42(37)50-44/h9-16,21-28,49,52H,5-8,17-20H2,1-4H3. The highest BCUT2D eigenvalue weighted by molar-refractivity contribution is 6.13. The van der Waals surface area contributed by atoms with Crippen molar-refractivity contribution in [3.05, 3.63) is 119 Å². The molecule has 258 valence electrons. The summed E-state index contributed by atoms with van der Waals surface area (Å²) in [5.41, 5.74) is 19.1. The smallest absolute Gasteiger partial charge is 0.0769 e. The summed E-state index contributed by atoms with van der Waals surface area (Å²) < 4.78 is 0. The zero-order valence-electron chi connectivity index (χ0n) is 30.8. The number of H-pyrrole nitrogens is 2. The van der Waals surface area contributed by atoms with E-state index >= 15 is 0 Å². The minimum atomic E-state index is 0.920. The normalized spacial score (nSPS) is 12.1. The van der Waals surface area contributed by atoms with Crippen LogP contribution in [0.1, 0.15) is 75.6 Å². The van der Waals surface area contributed by atoms with Crippen molar-refractivity contribution >= 4 is 43.6 Å². The second-order valence-corrected chi connectivity index (χ2v) is 14.5. The lowest BCUT2D eigenvalue weighted by atomic mass is 9.95. The summed E-state index contributed by atoms with van der Waals surface area (Å²) in [5.74, 6) is 0. The molecule has 0 amide bonds. The van der Waals surface area contributed by atoms with Crippen molar-refractivity contribution in [1.29, 1.82) is 0 Å². The van der Waals surface area contributed by atoms with E-state index < -0.39 is 0 Å². The molecule has 4 aromatic carbocycles. The fourth-order valence-electron chi connectivity index (χ4n) is 8.93. The Kier molecular flexibility index (Phi) is 8.26. The molecule has 8 bridgehead atoms. The summed E-state index contributed by atoms with van der Waals surface area (Å²) in [6.07, 6.45) is 7.75. The van der Waals surface area contributed by atoms with Crippen LogP contribution in [-0.4, -0.2) is 19.9 Å². The highest BCUT2D eigenvalue weighted by atomic mass is 14.8. The van der Waals surface area contributed by atoms with Crippen LogP contribution in [0.4, 0.5) is 0 Å². The number of aromatic nitrogens is 4. The maximum Gasteiger partial charge on any atom is 0.0769 e. The van der Waals surface area contributed by atoms with Gasteiger partial charge in [-0.05, 0) is 25.7 Å². The number of hydrogen-bond acceptors (Lipinski definition) is 2. The van der Waals surface area contributed by atoms with E-state index in [1.165, 1.54) is 88.1 Å². The van der Waals surface area contributed by atoms with Crippen LogP contribution in [0.3, 0.4) is 0 Å². The molecule has 0 saturated carbocycles. The lowest BCUT2D eigenvalue weighted by Gasteiger charge is -2.07. The van der Waals surface area contributed by atoms with E-state index in [4.69, 9.17) is 9.97 Å². The van der Waals surface area contributed by atoms with Gasteiger partial charge in [0.25, 0.3) is 0 Å². The van der Waals surface area contributed by atoms with Gasteiger partial charge in [0.15, 0.2) is 0 Å². The van der Waals surface area contributed by atoms with Crippen LogP contribution in [0.2, 0.25) is 0 Å². The third-order valence-electron chi connectivity index (χ3n) is 11.1. The van der Waals surface area contributed by atoms with E-state index in [2.05, 4.69) is 135 Å².